The van der Waals surface area contributed by atoms with E-state index >= 15 is 0 Å². The number of nitrogens with one attached hydrogen (secondary N) is 2. The Kier molecular flexibility index (Phi) is 3.58. The van der Waals surface area contributed by atoms with Crippen molar-refractivity contribution in [2.24, 2.45) is 11.5 Å². The molecule has 2 amide bonds. The fourth-order valence-electron chi connectivity index (χ4n) is 1.36. The quantitative estimate of drug-likeness (QED) is 0.635. The average Bonchev–Trinajstić information content (AvgIpc) is 2.96. The van der Waals surface area contributed by atoms with E-state index in [-0.39, 0.29) is 17.4 Å². The predicted octanol–water partition coefficient (Wildman–Crippen LogP) is 0.237. The van der Waals surface area contributed by atoms with Crippen molar-refractivity contribution in [2.75, 3.05) is 5.32 Å². The van der Waals surface area contributed by atoms with E-state index in [1.165, 1.54) is 23.7 Å². The molecule has 2 rings (SSSR count). The zero-order valence-corrected chi connectivity index (χ0v) is 10.8. The third-order valence-corrected chi connectivity index (χ3v) is 3.47. The molecule has 1 atom stereocenters. The number of amides is 2. The van der Waals surface area contributed by atoms with Crippen LogP contribution in [-0.2, 0) is 0 Å². The smallest absolute Gasteiger partial charge is 0.268 e. The third-order valence-electron chi connectivity index (χ3n) is 2.27. The lowest BCUT2D eigenvalue weighted by atomic mass is 10.3. The zero-order chi connectivity index (χ0) is 14.0. The monoisotopic (exact) mass is 280 g/mol. The first kappa shape index (κ1) is 13.2. The van der Waals surface area contributed by atoms with Crippen molar-refractivity contribution < 1.29 is 9.59 Å². The van der Waals surface area contributed by atoms with Gasteiger partial charge in [0.05, 0.1) is 24.1 Å². The lowest BCUT2D eigenvalue weighted by Crippen LogP contribution is -2.17. The Bertz CT molecular complexity index is 617. The van der Waals surface area contributed by atoms with Gasteiger partial charge < -0.3 is 16.8 Å². The van der Waals surface area contributed by atoms with Crippen molar-refractivity contribution in [1.29, 1.82) is 0 Å². The zero-order valence-electron chi connectivity index (χ0n) is 10.0. The molecule has 9 heteroatoms. The molecule has 2 aromatic rings. The molecule has 8 nitrogen and oxygen atoms in total. The number of carbonyl (C=O) groups is 2. The molecular weight excluding hydrogens is 268 g/mol. The Labute approximate surface area is 112 Å². The van der Waals surface area contributed by atoms with Crippen LogP contribution in [0.3, 0.4) is 0 Å². The Morgan fingerprint density at radius 1 is 1.47 bits per heavy atom. The molecule has 1 unspecified atom stereocenters. The minimum Gasteiger partial charge on any atom is -0.364 e. The fraction of sp³-hybridized carbons (Fsp3) is 0.200. The van der Waals surface area contributed by atoms with E-state index in [9.17, 15) is 9.59 Å². The maximum atomic E-state index is 11.9. The number of hydrogen-bond donors (Lipinski definition) is 4. The molecule has 0 aliphatic heterocycles. The lowest BCUT2D eigenvalue weighted by Gasteiger charge is -2.01. The van der Waals surface area contributed by atoms with Gasteiger partial charge in [-0.05, 0) is 6.92 Å². The molecule has 2 aromatic heterocycles. The van der Waals surface area contributed by atoms with E-state index in [0.717, 1.165) is 0 Å². The molecule has 0 saturated carbocycles. The fourth-order valence-corrected chi connectivity index (χ4v) is 2.12. The predicted molar refractivity (Wildman–Crippen MR) is 69.8 cm³/mol. The first-order chi connectivity index (χ1) is 8.99. The summed E-state index contributed by atoms with van der Waals surface area (Å²) in [6.45, 7) is 1.78. The van der Waals surface area contributed by atoms with Crippen LogP contribution in [0.4, 0.5) is 5.69 Å². The molecule has 6 N–H and O–H groups in total. The van der Waals surface area contributed by atoms with Crippen LogP contribution in [0.5, 0.6) is 0 Å². The summed E-state index contributed by atoms with van der Waals surface area (Å²) in [7, 11) is 0. The number of hydrogen-bond acceptors (Lipinski definition) is 6. The summed E-state index contributed by atoms with van der Waals surface area (Å²) in [6, 6.07) is -0.235. The highest BCUT2D eigenvalue weighted by molar-refractivity contribution is 7.13. The minimum atomic E-state index is -0.701. The molecule has 0 fully saturated rings. The summed E-state index contributed by atoms with van der Waals surface area (Å²) in [5, 5.41) is 9.26. The van der Waals surface area contributed by atoms with E-state index in [4.69, 9.17) is 11.5 Å². The van der Waals surface area contributed by atoms with Gasteiger partial charge in [-0.1, -0.05) is 0 Å². The van der Waals surface area contributed by atoms with Crippen LogP contribution in [-0.4, -0.2) is 27.0 Å². The van der Waals surface area contributed by atoms with Crippen LogP contribution in [0.25, 0.3) is 0 Å². The van der Waals surface area contributed by atoms with Gasteiger partial charge in [-0.25, -0.2) is 4.98 Å². The summed E-state index contributed by atoms with van der Waals surface area (Å²) in [6.07, 6.45) is 2.74. The highest BCUT2D eigenvalue weighted by atomic mass is 32.1. The number of aromatic nitrogens is 3. The van der Waals surface area contributed by atoms with Crippen molar-refractivity contribution >= 4 is 28.8 Å². The molecular formula is C10H12N6O2S. The average molecular weight is 280 g/mol. The van der Waals surface area contributed by atoms with Gasteiger partial charge in [-0.3, -0.25) is 14.7 Å². The topological polar surface area (TPSA) is 140 Å². The second-order valence-corrected chi connectivity index (χ2v) is 4.89. The van der Waals surface area contributed by atoms with Gasteiger partial charge in [0, 0.05) is 0 Å². The van der Waals surface area contributed by atoms with E-state index < -0.39 is 11.8 Å². The van der Waals surface area contributed by atoms with Gasteiger partial charge in [-0.15, -0.1) is 11.3 Å². The lowest BCUT2D eigenvalue weighted by molar-refractivity contribution is 0.0996. The van der Waals surface area contributed by atoms with Gasteiger partial charge in [0.25, 0.3) is 11.8 Å². The molecule has 0 spiro atoms. The summed E-state index contributed by atoms with van der Waals surface area (Å²) in [5.74, 6) is -1.10. The highest BCUT2D eigenvalue weighted by Crippen LogP contribution is 2.20. The standard InChI is InChI=1S/C10H12N6O2S/c1-4(11)10-13-3-6(19-10)9(18)15-5-2-14-16-7(5)8(12)17/h2-4H,11H2,1H3,(H2,12,17)(H,14,16)(H,15,18). The summed E-state index contributed by atoms with van der Waals surface area (Å²) < 4.78 is 0. The second kappa shape index (κ2) is 5.16. The summed E-state index contributed by atoms with van der Waals surface area (Å²) in [4.78, 5) is 27.4. The van der Waals surface area contributed by atoms with Crippen molar-refractivity contribution in [3.63, 3.8) is 0 Å². The number of nitrogens with zero attached hydrogens (tertiary/aromatic N) is 2. The van der Waals surface area contributed by atoms with Crippen LogP contribution in [0.1, 0.15) is 38.1 Å². The van der Waals surface area contributed by atoms with Crippen LogP contribution >= 0.6 is 11.3 Å². The van der Waals surface area contributed by atoms with Gasteiger partial charge in [0.15, 0.2) is 0 Å². The molecule has 100 valence electrons. The van der Waals surface area contributed by atoms with Crippen LogP contribution in [0.2, 0.25) is 0 Å². The number of anilines is 1. The van der Waals surface area contributed by atoms with Crippen molar-refractivity contribution in [3.05, 3.63) is 28.0 Å². The summed E-state index contributed by atoms with van der Waals surface area (Å²) >= 11 is 1.19. The van der Waals surface area contributed by atoms with Gasteiger partial charge in [0.2, 0.25) is 0 Å². The largest absolute Gasteiger partial charge is 0.364 e. The molecule has 0 aliphatic rings. The summed E-state index contributed by atoms with van der Waals surface area (Å²) in [5.41, 5.74) is 11.1. The molecule has 0 aromatic carbocycles. The maximum absolute atomic E-state index is 11.9. The van der Waals surface area contributed by atoms with E-state index in [2.05, 4.69) is 20.5 Å². The van der Waals surface area contributed by atoms with Crippen LogP contribution in [0.15, 0.2) is 12.4 Å². The Morgan fingerprint density at radius 2 is 2.21 bits per heavy atom. The van der Waals surface area contributed by atoms with Gasteiger partial charge >= 0.3 is 0 Å². The molecule has 2 heterocycles. The number of carbonyl (C=O) groups excluding carboxylic acids is 2. The molecule has 0 radical (unpaired) electrons. The normalized spacial score (nSPS) is 12.1. The number of nitrogens with two attached hydrogens (primary N) is 2. The van der Waals surface area contributed by atoms with Crippen LogP contribution in [0, 0.1) is 0 Å². The SMILES string of the molecule is CC(N)c1ncc(C(=O)Nc2cn[nH]c2C(N)=O)s1. The van der Waals surface area contributed by atoms with Crippen molar-refractivity contribution in [3.8, 4) is 0 Å². The van der Waals surface area contributed by atoms with Gasteiger partial charge in [-0.2, -0.15) is 5.10 Å². The molecule has 0 aliphatic carbocycles. The number of H-pyrrole nitrogens is 1. The van der Waals surface area contributed by atoms with E-state index in [0.29, 0.717) is 9.88 Å². The highest BCUT2D eigenvalue weighted by Gasteiger charge is 2.17. The number of thiazole rings is 1. The van der Waals surface area contributed by atoms with E-state index in [1.54, 1.807) is 6.92 Å². The first-order valence-electron chi connectivity index (χ1n) is 5.35. The molecule has 0 bridgehead atoms. The third kappa shape index (κ3) is 2.77. The molecule has 0 saturated heterocycles. The number of primary amides is 1. The van der Waals surface area contributed by atoms with Crippen molar-refractivity contribution in [2.45, 2.75) is 13.0 Å². The second-order valence-electron chi connectivity index (χ2n) is 3.83. The minimum absolute atomic E-state index is 0.0466. The maximum Gasteiger partial charge on any atom is 0.268 e. The van der Waals surface area contributed by atoms with E-state index in [1.807, 2.05) is 0 Å². The molecule has 19 heavy (non-hydrogen) atoms. The van der Waals surface area contributed by atoms with Crippen LogP contribution < -0.4 is 16.8 Å². The number of aromatic amines is 1. The van der Waals surface area contributed by atoms with Gasteiger partial charge in [0.1, 0.15) is 15.6 Å². The Morgan fingerprint density at radius 3 is 2.79 bits per heavy atom. The van der Waals surface area contributed by atoms with Crippen molar-refractivity contribution in [1.82, 2.24) is 15.2 Å². The Hall–Kier alpha value is -2.26. The first-order valence-corrected chi connectivity index (χ1v) is 6.16. The Balaban J connectivity index is 2.16. The number of rotatable bonds is 4.